The maximum atomic E-state index is 11.5. The lowest BCUT2D eigenvalue weighted by molar-refractivity contribution is -0.143. The third kappa shape index (κ3) is 5.04. The van der Waals surface area contributed by atoms with Gasteiger partial charge in [0.1, 0.15) is 5.75 Å². The Labute approximate surface area is 180 Å². The summed E-state index contributed by atoms with van der Waals surface area (Å²) in [5.74, 6) is 1.55. The fourth-order valence-electron chi connectivity index (χ4n) is 4.80. The topological polar surface area (TPSA) is 47.6 Å². The van der Waals surface area contributed by atoms with Crippen molar-refractivity contribution < 1.29 is 14.3 Å². The molecule has 0 bridgehead atoms. The normalized spacial score (nSPS) is 21.1. The van der Waals surface area contributed by atoms with Gasteiger partial charge in [-0.1, -0.05) is 36.4 Å². The minimum Gasteiger partial charge on any atom is -0.493 e. The molecule has 3 atom stereocenters. The summed E-state index contributed by atoms with van der Waals surface area (Å²) in [4.78, 5) is 11.5. The van der Waals surface area contributed by atoms with Crippen LogP contribution >= 0.6 is 0 Å². The van der Waals surface area contributed by atoms with E-state index in [9.17, 15) is 4.79 Å². The fourth-order valence-corrected chi connectivity index (χ4v) is 4.80. The van der Waals surface area contributed by atoms with Crippen molar-refractivity contribution in [3.63, 3.8) is 0 Å². The van der Waals surface area contributed by atoms with Crippen LogP contribution in [-0.2, 0) is 22.4 Å². The van der Waals surface area contributed by atoms with E-state index in [0.717, 1.165) is 25.2 Å². The van der Waals surface area contributed by atoms with Crippen LogP contribution in [0.1, 0.15) is 73.7 Å². The van der Waals surface area contributed by atoms with Crippen molar-refractivity contribution in [2.75, 3.05) is 13.2 Å². The summed E-state index contributed by atoms with van der Waals surface area (Å²) in [7, 11) is 0. The second-order valence-electron chi connectivity index (χ2n) is 8.61. The van der Waals surface area contributed by atoms with E-state index in [1.165, 1.54) is 41.5 Å². The van der Waals surface area contributed by atoms with E-state index < -0.39 is 0 Å². The van der Waals surface area contributed by atoms with Crippen LogP contribution in [0.2, 0.25) is 0 Å². The van der Waals surface area contributed by atoms with Crippen LogP contribution in [0.3, 0.4) is 0 Å². The molecule has 30 heavy (non-hydrogen) atoms. The van der Waals surface area contributed by atoms with Crippen LogP contribution in [0.25, 0.3) is 0 Å². The number of carbonyl (C=O) groups excluding carboxylic acids is 1. The van der Waals surface area contributed by atoms with Gasteiger partial charge in [0.15, 0.2) is 0 Å². The maximum Gasteiger partial charge on any atom is 0.306 e. The van der Waals surface area contributed by atoms with Gasteiger partial charge in [0.25, 0.3) is 0 Å². The highest BCUT2D eigenvalue weighted by Crippen LogP contribution is 2.36. The second kappa shape index (κ2) is 9.65. The van der Waals surface area contributed by atoms with E-state index in [-0.39, 0.29) is 5.97 Å². The van der Waals surface area contributed by atoms with Gasteiger partial charge < -0.3 is 14.8 Å². The molecule has 4 nitrogen and oxygen atoms in total. The molecule has 1 saturated carbocycles. The lowest BCUT2D eigenvalue weighted by atomic mass is 9.95. The number of ether oxygens (including phenoxy) is 2. The van der Waals surface area contributed by atoms with E-state index in [0.29, 0.717) is 31.0 Å². The van der Waals surface area contributed by atoms with Crippen LogP contribution < -0.4 is 10.1 Å². The summed E-state index contributed by atoms with van der Waals surface area (Å²) in [5, 5.41) is 3.85. The average Bonchev–Trinajstić information content (AvgIpc) is 3.41. The van der Waals surface area contributed by atoms with Crippen molar-refractivity contribution in [1.29, 1.82) is 0 Å². The lowest BCUT2D eigenvalue weighted by Crippen LogP contribution is -2.29. The first-order chi connectivity index (χ1) is 14.6. The van der Waals surface area contributed by atoms with Gasteiger partial charge in [-0.05, 0) is 73.8 Å². The number of rotatable bonds is 8. The van der Waals surface area contributed by atoms with Crippen molar-refractivity contribution >= 4 is 5.97 Å². The largest absolute Gasteiger partial charge is 0.493 e. The molecule has 1 aliphatic carbocycles. The summed E-state index contributed by atoms with van der Waals surface area (Å²) >= 11 is 0. The molecule has 2 aromatic rings. The molecule has 4 rings (SSSR count). The quantitative estimate of drug-likeness (QED) is 0.618. The molecule has 1 fully saturated rings. The molecule has 0 radical (unpaired) electrons. The highest BCUT2D eigenvalue weighted by Gasteiger charge is 2.27. The Morgan fingerprint density at radius 3 is 2.83 bits per heavy atom. The third-order valence-corrected chi connectivity index (χ3v) is 6.51. The van der Waals surface area contributed by atoms with Crippen LogP contribution in [0, 0.1) is 0 Å². The SMILES string of the molecule is CCOC(=O)CCc1ccc([C@H]2CC[C@H](NC(C)c3ccc4c(c3)CCO4)C2)cc1. The Bertz CT molecular complexity index is 861. The van der Waals surface area contributed by atoms with E-state index >= 15 is 0 Å². The van der Waals surface area contributed by atoms with Gasteiger partial charge in [-0.25, -0.2) is 0 Å². The third-order valence-electron chi connectivity index (χ3n) is 6.51. The number of fused-ring (bicyclic) bond motifs is 1. The fraction of sp³-hybridized carbons (Fsp3) is 0.500. The van der Waals surface area contributed by atoms with Gasteiger partial charge in [0, 0.05) is 24.9 Å². The smallest absolute Gasteiger partial charge is 0.306 e. The van der Waals surface area contributed by atoms with Crippen molar-refractivity contribution in [2.45, 2.75) is 70.4 Å². The lowest BCUT2D eigenvalue weighted by Gasteiger charge is -2.21. The molecular weight excluding hydrogens is 374 g/mol. The minimum atomic E-state index is -0.115. The molecule has 1 aliphatic heterocycles. The van der Waals surface area contributed by atoms with Crippen molar-refractivity contribution in [2.24, 2.45) is 0 Å². The Kier molecular flexibility index (Phi) is 6.73. The predicted molar refractivity (Wildman–Crippen MR) is 119 cm³/mol. The number of carbonyl (C=O) groups is 1. The minimum absolute atomic E-state index is 0.115. The molecule has 2 aliphatic rings. The van der Waals surface area contributed by atoms with Crippen LogP contribution in [0.5, 0.6) is 5.75 Å². The molecule has 1 heterocycles. The highest BCUT2D eigenvalue weighted by atomic mass is 16.5. The highest BCUT2D eigenvalue weighted by molar-refractivity contribution is 5.69. The second-order valence-corrected chi connectivity index (χ2v) is 8.61. The zero-order chi connectivity index (χ0) is 20.9. The molecule has 0 spiro atoms. The first-order valence-corrected chi connectivity index (χ1v) is 11.4. The van der Waals surface area contributed by atoms with Gasteiger partial charge in [-0.15, -0.1) is 0 Å². The van der Waals surface area contributed by atoms with Crippen molar-refractivity contribution in [3.05, 3.63) is 64.7 Å². The van der Waals surface area contributed by atoms with Crippen molar-refractivity contribution in [1.82, 2.24) is 5.32 Å². The van der Waals surface area contributed by atoms with E-state index in [2.05, 4.69) is 54.7 Å². The van der Waals surface area contributed by atoms with Gasteiger partial charge in [-0.3, -0.25) is 4.79 Å². The van der Waals surface area contributed by atoms with Crippen LogP contribution in [0.15, 0.2) is 42.5 Å². The first kappa shape index (κ1) is 20.9. The molecule has 1 unspecified atom stereocenters. The maximum absolute atomic E-state index is 11.5. The monoisotopic (exact) mass is 407 g/mol. The van der Waals surface area contributed by atoms with Crippen LogP contribution in [-0.4, -0.2) is 25.2 Å². The van der Waals surface area contributed by atoms with Gasteiger partial charge in [0.2, 0.25) is 0 Å². The molecule has 4 heteroatoms. The number of hydrogen-bond acceptors (Lipinski definition) is 4. The zero-order valence-electron chi connectivity index (χ0n) is 18.2. The zero-order valence-corrected chi connectivity index (χ0v) is 18.2. The molecule has 1 N–H and O–H groups in total. The molecular formula is C26H33NO3. The van der Waals surface area contributed by atoms with Gasteiger partial charge in [-0.2, -0.15) is 0 Å². The Morgan fingerprint density at radius 2 is 2.03 bits per heavy atom. The molecule has 0 saturated heterocycles. The number of benzene rings is 2. The summed E-state index contributed by atoms with van der Waals surface area (Å²) < 4.78 is 10.6. The Balaban J connectivity index is 1.28. The van der Waals surface area contributed by atoms with E-state index in [1.807, 2.05) is 6.92 Å². The number of esters is 1. The predicted octanol–water partition coefficient (Wildman–Crippen LogP) is 5.10. The summed E-state index contributed by atoms with van der Waals surface area (Å²) in [6, 6.07) is 16.4. The number of aryl methyl sites for hydroxylation is 1. The van der Waals surface area contributed by atoms with E-state index in [4.69, 9.17) is 9.47 Å². The first-order valence-electron chi connectivity index (χ1n) is 11.4. The van der Waals surface area contributed by atoms with Crippen LogP contribution in [0.4, 0.5) is 0 Å². The van der Waals surface area contributed by atoms with Gasteiger partial charge >= 0.3 is 5.97 Å². The summed E-state index contributed by atoms with van der Waals surface area (Å²) in [6.45, 7) is 5.38. The molecule has 160 valence electrons. The number of nitrogens with one attached hydrogen (secondary N) is 1. The standard InChI is InChI=1S/C26H33NO3/c1-3-29-26(28)13-6-19-4-7-20(8-5-19)22-9-11-24(17-22)27-18(2)21-10-12-25-23(16-21)14-15-30-25/h4-5,7-8,10,12,16,18,22,24,27H,3,6,9,11,13-15,17H2,1-2H3/t18?,22-,24-/m0/s1. The van der Waals surface area contributed by atoms with Gasteiger partial charge in [0.05, 0.1) is 13.2 Å². The molecule has 2 aromatic carbocycles. The molecule has 0 aromatic heterocycles. The molecule has 0 amide bonds. The number of hydrogen-bond donors (Lipinski definition) is 1. The average molecular weight is 408 g/mol. The summed E-state index contributed by atoms with van der Waals surface area (Å²) in [5.41, 5.74) is 5.32. The van der Waals surface area contributed by atoms with Crippen molar-refractivity contribution in [3.8, 4) is 5.75 Å². The Morgan fingerprint density at radius 1 is 1.20 bits per heavy atom. The Hall–Kier alpha value is -2.33. The van der Waals surface area contributed by atoms with E-state index in [1.54, 1.807) is 0 Å². The summed E-state index contributed by atoms with van der Waals surface area (Å²) in [6.07, 6.45) is 5.85.